The summed E-state index contributed by atoms with van der Waals surface area (Å²) >= 11 is 0. The first kappa shape index (κ1) is 15.9. The first-order valence-electron chi connectivity index (χ1n) is 7.83. The molecule has 124 valence electrons. The molecule has 0 bridgehead atoms. The monoisotopic (exact) mass is 319 g/mol. The van der Waals surface area contributed by atoms with Crippen LogP contribution in [-0.4, -0.2) is 69.4 Å². The van der Waals surface area contributed by atoms with Gasteiger partial charge in [0.05, 0.1) is 32.6 Å². The number of methoxy groups -OCH3 is 1. The standard InChI is InChI=1S/C16H21N3O4/c1-21-14-10-13-12(16(20)18-11-17-13)9-15(14)23-6-2-3-19-4-7-22-8-5-19/h9-12H,2-8H2,1H3. The summed E-state index contributed by atoms with van der Waals surface area (Å²) in [6.45, 7) is 5.09. The van der Waals surface area contributed by atoms with Crippen molar-refractivity contribution in [3.8, 4) is 0 Å². The van der Waals surface area contributed by atoms with Gasteiger partial charge in [-0.2, -0.15) is 0 Å². The summed E-state index contributed by atoms with van der Waals surface area (Å²) in [5.74, 6) is 0.488. The second kappa shape index (κ2) is 7.52. The number of fused-ring (bicyclic) bond motifs is 1. The summed E-state index contributed by atoms with van der Waals surface area (Å²) in [5, 5.41) is 0. The number of morpholine rings is 1. The second-order valence-electron chi connectivity index (χ2n) is 5.51. The van der Waals surface area contributed by atoms with Crippen LogP contribution in [0.25, 0.3) is 0 Å². The molecule has 0 aromatic heterocycles. The highest BCUT2D eigenvalue weighted by Gasteiger charge is 2.29. The predicted octanol–water partition coefficient (Wildman–Crippen LogP) is 0.779. The molecule has 3 rings (SSSR count). The third kappa shape index (κ3) is 3.86. The molecule has 23 heavy (non-hydrogen) atoms. The van der Waals surface area contributed by atoms with E-state index < -0.39 is 5.92 Å². The van der Waals surface area contributed by atoms with Gasteiger partial charge in [0.15, 0.2) is 11.5 Å². The molecule has 7 nitrogen and oxygen atoms in total. The molecule has 0 spiro atoms. The van der Waals surface area contributed by atoms with Gasteiger partial charge in [0.2, 0.25) is 0 Å². The van der Waals surface area contributed by atoms with Crippen LogP contribution in [0.4, 0.5) is 0 Å². The Balaban J connectivity index is 1.54. The Morgan fingerprint density at radius 3 is 2.96 bits per heavy atom. The molecule has 1 atom stereocenters. The number of hydrogen-bond donors (Lipinski definition) is 0. The molecular formula is C16H21N3O4. The summed E-state index contributed by atoms with van der Waals surface area (Å²) in [5.41, 5.74) is 0.641. The first-order chi connectivity index (χ1) is 11.3. The Labute approximate surface area is 135 Å². The molecule has 1 amide bonds. The number of nitrogens with zero attached hydrogens (tertiary/aromatic N) is 3. The van der Waals surface area contributed by atoms with Gasteiger partial charge in [-0.1, -0.05) is 0 Å². The molecular weight excluding hydrogens is 298 g/mol. The third-order valence-corrected chi connectivity index (χ3v) is 4.02. The van der Waals surface area contributed by atoms with Crippen molar-refractivity contribution in [1.29, 1.82) is 0 Å². The largest absolute Gasteiger partial charge is 0.493 e. The number of hydrogen-bond acceptors (Lipinski definition) is 6. The van der Waals surface area contributed by atoms with E-state index in [1.54, 1.807) is 19.3 Å². The van der Waals surface area contributed by atoms with Crippen LogP contribution in [0.15, 0.2) is 33.7 Å². The second-order valence-corrected chi connectivity index (χ2v) is 5.51. The maximum atomic E-state index is 11.8. The van der Waals surface area contributed by atoms with Gasteiger partial charge in [-0.15, -0.1) is 0 Å². The van der Waals surface area contributed by atoms with Crippen molar-refractivity contribution in [3.63, 3.8) is 0 Å². The van der Waals surface area contributed by atoms with E-state index in [1.165, 1.54) is 6.34 Å². The number of allylic oxidation sites excluding steroid dienone is 1. The zero-order chi connectivity index (χ0) is 16.1. The van der Waals surface area contributed by atoms with Gasteiger partial charge in [0, 0.05) is 25.7 Å². The predicted molar refractivity (Wildman–Crippen MR) is 85.4 cm³/mol. The molecule has 0 N–H and O–H groups in total. The highest BCUT2D eigenvalue weighted by atomic mass is 16.5. The fraction of sp³-hybridized carbons (Fsp3) is 0.562. The molecule has 0 saturated carbocycles. The summed E-state index contributed by atoms with van der Waals surface area (Å²) in [6, 6.07) is 0. The minimum atomic E-state index is -0.465. The molecule has 2 heterocycles. The zero-order valence-electron chi connectivity index (χ0n) is 13.2. The summed E-state index contributed by atoms with van der Waals surface area (Å²) in [6.07, 6.45) is 5.67. The Bertz CT molecular complexity index is 574. The first-order valence-corrected chi connectivity index (χ1v) is 7.83. The maximum Gasteiger partial charge on any atom is 0.260 e. The van der Waals surface area contributed by atoms with E-state index in [9.17, 15) is 4.79 Å². The van der Waals surface area contributed by atoms with Gasteiger partial charge >= 0.3 is 0 Å². The van der Waals surface area contributed by atoms with E-state index in [2.05, 4.69) is 14.9 Å². The number of ether oxygens (including phenoxy) is 3. The van der Waals surface area contributed by atoms with Crippen LogP contribution in [0, 0.1) is 5.92 Å². The number of aliphatic imine (C=N–C) groups is 2. The number of carbonyl (C=O) groups excluding carboxylic acids is 1. The van der Waals surface area contributed by atoms with Crippen molar-refractivity contribution >= 4 is 18.0 Å². The van der Waals surface area contributed by atoms with Crippen LogP contribution in [0.3, 0.4) is 0 Å². The van der Waals surface area contributed by atoms with Crippen LogP contribution in [0.2, 0.25) is 0 Å². The van der Waals surface area contributed by atoms with Gasteiger partial charge in [0.1, 0.15) is 12.3 Å². The van der Waals surface area contributed by atoms with Gasteiger partial charge < -0.3 is 14.2 Å². The highest BCUT2D eigenvalue weighted by molar-refractivity contribution is 6.18. The number of rotatable bonds is 6. The van der Waals surface area contributed by atoms with E-state index >= 15 is 0 Å². The van der Waals surface area contributed by atoms with Crippen LogP contribution in [0.5, 0.6) is 0 Å². The lowest BCUT2D eigenvalue weighted by Gasteiger charge is -2.26. The van der Waals surface area contributed by atoms with Gasteiger partial charge in [-0.25, -0.2) is 9.98 Å². The van der Waals surface area contributed by atoms with E-state index in [4.69, 9.17) is 14.2 Å². The average Bonchev–Trinajstić information content (AvgIpc) is 2.59. The lowest BCUT2D eigenvalue weighted by Crippen LogP contribution is -2.37. The molecule has 1 unspecified atom stereocenters. The summed E-state index contributed by atoms with van der Waals surface area (Å²) in [4.78, 5) is 22.0. The Morgan fingerprint density at radius 2 is 2.17 bits per heavy atom. The minimum absolute atomic E-state index is 0.226. The minimum Gasteiger partial charge on any atom is -0.493 e. The molecule has 1 aliphatic carbocycles. The fourth-order valence-electron chi connectivity index (χ4n) is 2.74. The lowest BCUT2D eigenvalue weighted by atomic mass is 9.95. The van der Waals surface area contributed by atoms with Gasteiger partial charge in [0.25, 0.3) is 5.91 Å². The van der Waals surface area contributed by atoms with Crippen LogP contribution in [-0.2, 0) is 19.0 Å². The van der Waals surface area contributed by atoms with E-state index in [0.717, 1.165) is 39.3 Å². The Kier molecular flexibility index (Phi) is 5.19. The van der Waals surface area contributed by atoms with Crippen molar-refractivity contribution in [1.82, 2.24) is 4.90 Å². The van der Waals surface area contributed by atoms with E-state index in [0.29, 0.717) is 23.8 Å². The maximum absolute atomic E-state index is 11.8. The molecule has 0 radical (unpaired) electrons. The number of amides is 1. The van der Waals surface area contributed by atoms with Crippen LogP contribution < -0.4 is 0 Å². The van der Waals surface area contributed by atoms with E-state index in [1.807, 2.05) is 0 Å². The zero-order valence-corrected chi connectivity index (χ0v) is 13.2. The van der Waals surface area contributed by atoms with Crippen molar-refractivity contribution in [2.45, 2.75) is 6.42 Å². The van der Waals surface area contributed by atoms with Crippen LogP contribution in [0.1, 0.15) is 6.42 Å². The SMILES string of the molecule is COC1=CC2=NC=NC(=O)C2C=C1OCCCN1CCOCC1. The van der Waals surface area contributed by atoms with Crippen molar-refractivity contribution in [2.75, 3.05) is 46.6 Å². The number of carbonyl (C=O) groups is 1. The molecule has 2 aliphatic heterocycles. The lowest BCUT2D eigenvalue weighted by molar-refractivity contribution is -0.118. The molecule has 1 fully saturated rings. The molecule has 0 aromatic carbocycles. The molecule has 0 aromatic rings. The van der Waals surface area contributed by atoms with Crippen LogP contribution >= 0.6 is 0 Å². The average molecular weight is 319 g/mol. The Hall–Kier alpha value is -1.99. The molecule has 1 saturated heterocycles. The van der Waals surface area contributed by atoms with Crippen molar-refractivity contribution in [3.05, 3.63) is 23.7 Å². The van der Waals surface area contributed by atoms with Gasteiger partial charge in [-0.3, -0.25) is 9.69 Å². The van der Waals surface area contributed by atoms with Crippen molar-refractivity contribution in [2.24, 2.45) is 15.9 Å². The van der Waals surface area contributed by atoms with E-state index in [-0.39, 0.29) is 5.91 Å². The molecule has 3 aliphatic rings. The smallest absolute Gasteiger partial charge is 0.260 e. The topological polar surface area (TPSA) is 72.7 Å². The van der Waals surface area contributed by atoms with Gasteiger partial charge in [-0.05, 0) is 12.5 Å². The Morgan fingerprint density at radius 1 is 1.35 bits per heavy atom. The van der Waals surface area contributed by atoms with Crippen molar-refractivity contribution < 1.29 is 19.0 Å². The molecule has 7 heteroatoms. The quantitative estimate of drug-likeness (QED) is 0.677. The third-order valence-electron chi connectivity index (χ3n) is 4.02. The summed E-state index contributed by atoms with van der Waals surface area (Å²) in [7, 11) is 1.58. The normalized spacial score (nSPS) is 24.5. The highest BCUT2D eigenvalue weighted by Crippen LogP contribution is 2.25. The fourth-order valence-corrected chi connectivity index (χ4v) is 2.74. The summed E-state index contributed by atoms with van der Waals surface area (Å²) < 4.78 is 16.5.